The zero-order chi connectivity index (χ0) is 16.8. The maximum absolute atomic E-state index is 5.53. The Bertz CT molecular complexity index is 355. The fourth-order valence-electron chi connectivity index (χ4n) is 2.04. The highest BCUT2D eigenvalue weighted by atomic mass is 16.5. The van der Waals surface area contributed by atoms with Gasteiger partial charge in [0.05, 0.1) is 6.61 Å². The molecule has 1 fully saturated rings. The van der Waals surface area contributed by atoms with Gasteiger partial charge in [0.1, 0.15) is 5.75 Å². The van der Waals surface area contributed by atoms with Gasteiger partial charge in [-0.25, -0.2) is 0 Å². The fraction of sp³-hybridized carbons (Fsp3) is 0.684. The summed E-state index contributed by atoms with van der Waals surface area (Å²) in [5, 5.41) is 3.41. The molecular weight excluding hydrogens is 272 g/mol. The summed E-state index contributed by atoms with van der Waals surface area (Å²) >= 11 is 0. The maximum Gasteiger partial charge on any atom is 0.121 e. The van der Waals surface area contributed by atoms with Crippen LogP contribution in [-0.4, -0.2) is 32.8 Å². The third-order valence-corrected chi connectivity index (χ3v) is 2.83. The van der Waals surface area contributed by atoms with E-state index in [1.54, 1.807) is 0 Å². The van der Waals surface area contributed by atoms with Crippen molar-refractivity contribution in [2.24, 2.45) is 5.92 Å². The molecule has 0 aliphatic carbocycles. The second-order valence-corrected chi connectivity index (χ2v) is 5.75. The molecule has 0 amide bonds. The van der Waals surface area contributed by atoms with Crippen molar-refractivity contribution < 1.29 is 4.74 Å². The standard InChI is InChI=1S/C13H20N2O.C4H10.C2H6/c1-2-16-13-6-3-5-12(11-13)15-9-4-7-14-8-10-15;1-4(2)3;1-2/h3,5-6,11,14H,2,4,7-10H2,1H3;4H,1-3H3;1-2H3. The summed E-state index contributed by atoms with van der Waals surface area (Å²) in [4.78, 5) is 2.42. The van der Waals surface area contributed by atoms with Crippen molar-refractivity contribution >= 4 is 5.69 Å². The number of hydrogen-bond acceptors (Lipinski definition) is 3. The summed E-state index contributed by atoms with van der Waals surface area (Å²) in [5.74, 6) is 1.80. The van der Waals surface area contributed by atoms with E-state index in [1.165, 1.54) is 12.1 Å². The van der Waals surface area contributed by atoms with Crippen LogP contribution < -0.4 is 15.0 Å². The number of anilines is 1. The minimum absolute atomic E-state index is 0.727. The van der Waals surface area contributed by atoms with Crippen LogP contribution in [0.5, 0.6) is 5.75 Å². The van der Waals surface area contributed by atoms with Crippen molar-refractivity contribution in [1.29, 1.82) is 0 Å². The van der Waals surface area contributed by atoms with Gasteiger partial charge in [0.2, 0.25) is 0 Å². The summed E-state index contributed by atoms with van der Waals surface area (Å²) in [5.41, 5.74) is 1.27. The smallest absolute Gasteiger partial charge is 0.121 e. The molecule has 3 nitrogen and oxygen atoms in total. The van der Waals surface area contributed by atoms with E-state index in [9.17, 15) is 0 Å². The minimum atomic E-state index is 0.727. The molecule has 1 aliphatic rings. The molecule has 0 aromatic heterocycles. The van der Waals surface area contributed by atoms with Gasteiger partial charge in [-0.05, 0) is 37.9 Å². The highest BCUT2D eigenvalue weighted by Gasteiger charge is 2.09. The minimum Gasteiger partial charge on any atom is -0.494 e. The number of nitrogens with zero attached hydrogens (tertiary/aromatic N) is 1. The van der Waals surface area contributed by atoms with E-state index in [0.717, 1.165) is 44.5 Å². The monoisotopic (exact) mass is 308 g/mol. The zero-order valence-corrected chi connectivity index (χ0v) is 15.5. The Morgan fingerprint density at radius 3 is 2.45 bits per heavy atom. The second-order valence-electron chi connectivity index (χ2n) is 5.75. The largest absolute Gasteiger partial charge is 0.494 e. The van der Waals surface area contributed by atoms with Gasteiger partial charge in [0.25, 0.3) is 0 Å². The molecule has 0 unspecified atom stereocenters. The van der Waals surface area contributed by atoms with Gasteiger partial charge in [-0.3, -0.25) is 0 Å². The molecule has 0 spiro atoms. The Balaban J connectivity index is 0.000000640. The molecular formula is C19H36N2O. The summed E-state index contributed by atoms with van der Waals surface area (Å²) in [6, 6.07) is 8.38. The van der Waals surface area contributed by atoms with E-state index in [0.29, 0.717) is 0 Å². The second kappa shape index (κ2) is 13.4. The first-order valence-electron chi connectivity index (χ1n) is 8.82. The van der Waals surface area contributed by atoms with E-state index in [2.05, 4.69) is 49.2 Å². The van der Waals surface area contributed by atoms with E-state index in [1.807, 2.05) is 26.8 Å². The van der Waals surface area contributed by atoms with Crippen molar-refractivity contribution in [3.8, 4) is 5.75 Å². The predicted molar refractivity (Wildman–Crippen MR) is 99.2 cm³/mol. The Labute approximate surface area is 138 Å². The molecule has 1 heterocycles. The lowest BCUT2D eigenvalue weighted by Gasteiger charge is -2.22. The third-order valence-electron chi connectivity index (χ3n) is 2.83. The van der Waals surface area contributed by atoms with Crippen molar-refractivity contribution in [2.45, 2.75) is 48.0 Å². The topological polar surface area (TPSA) is 24.5 Å². The van der Waals surface area contributed by atoms with Gasteiger partial charge in [-0.2, -0.15) is 0 Å². The molecule has 1 aromatic carbocycles. The lowest BCUT2D eigenvalue weighted by atomic mass is 10.2. The number of rotatable bonds is 3. The number of ether oxygens (including phenoxy) is 1. The van der Waals surface area contributed by atoms with E-state index in [-0.39, 0.29) is 0 Å². The van der Waals surface area contributed by atoms with Crippen LogP contribution in [0.2, 0.25) is 0 Å². The van der Waals surface area contributed by atoms with Crippen LogP contribution >= 0.6 is 0 Å². The van der Waals surface area contributed by atoms with Crippen LogP contribution in [0.4, 0.5) is 5.69 Å². The number of benzene rings is 1. The van der Waals surface area contributed by atoms with Crippen LogP contribution in [0.3, 0.4) is 0 Å². The van der Waals surface area contributed by atoms with Crippen molar-refractivity contribution in [1.82, 2.24) is 5.32 Å². The average molecular weight is 309 g/mol. The van der Waals surface area contributed by atoms with Crippen LogP contribution in [0, 0.1) is 5.92 Å². The van der Waals surface area contributed by atoms with Gasteiger partial charge in [-0.15, -0.1) is 0 Å². The Kier molecular flexibility index (Phi) is 12.7. The highest BCUT2D eigenvalue weighted by Crippen LogP contribution is 2.21. The van der Waals surface area contributed by atoms with E-state index in [4.69, 9.17) is 4.74 Å². The van der Waals surface area contributed by atoms with E-state index >= 15 is 0 Å². The average Bonchev–Trinajstić information content (AvgIpc) is 2.78. The molecule has 3 heteroatoms. The normalized spacial score (nSPS) is 14.2. The molecule has 0 radical (unpaired) electrons. The number of nitrogens with one attached hydrogen (secondary N) is 1. The number of hydrogen-bond donors (Lipinski definition) is 1. The molecule has 2 rings (SSSR count). The van der Waals surface area contributed by atoms with Gasteiger partial charge >= 0.3 is 0 Å². The molecule has 0 bridgehead atoms. The van der Waals surface area contributed by atoms with Gasteiger partial charge in [-0.1, -0.05) is 40.7 Å². The zero-order valence-electron chi connectivity index (χ0n) is 15.5. The SMILES string of the molecule is CC.CC(C)C.CCOc1cccc(N2CCCNCC2)c1. The quantitative estimate of drug-likeness (QED) is 0.885. The molecule has 1 saturated heterocycles. The maximum atomic E-state index is 5.53. The summed E-state index contributed by atoms with van der Waals surface area (Å²) in [6.07, 6.45) is 1.21. The van der Waals surface area contributed by atoms with Gasteiger partial charge in [0.15, 0.2) is 0 Å². The summed E-state index contributed by atoms with van der Waals surface area (Å²) < 4.78 is 5.53. The Morgan fingerprint density at radius 1 is 1.14 bits per heavy atom. The molecule has 0 atom stereocenters. The third kappa shape index (κ3) is 9.67. The predicted octanol–water partition coefficient (Wildman–Crippen LogP) is 4.57. The fourth-order valence-corrected chi connectivity index (χ4v) is 2.04. The van der Waals surface area contributed by atoms with Crippen molar-refractivity contribution in [3.63, 3.8) is 0 Å². The van der Waals surface area contributed by atoms with Crippen LogP contribution in [0.15, 0.2) is 24.3 Å². The summed E-state index contributed by atoms with van der Waals surface area (Å²) in [6.45, 7) is 17.6. The Hall–Kier alpha value is -1.22. The molecule has 1 N–H and O–H groups in total. The molecule has 22 heavy (non-hydrogen) atoms. The first kappa shape index (κ1) is 20.8. The highest BCUT2D eigenvalue weighted by molar-refractivity contribution is 5.50. The molecule has 1 aromatic rings. The van der Waals surface area contributed by atoms with Crippen LogP contribution in [0.1, 0.15) is 48.0 Å². The van der Waals surface area contributed by atoms with Gasteiger partial charge < -0.3 is 15.0 Å². The first-order chi connectivity index (χ1) is 10.6. The summed E-state index contributed by atoms with van der Waals surface area (Å²) in [7, 11) is 0. The van der Waals surface area contributed by atoms with Gasteiger partial charge in [0, 0.05) is 31.4 Å². The molecule has 1 aliphatic heterocycles. The molecule has 128 valence electrons. The van der Waals surface area contributed by atoms with Crippen molar-refractivity contribution in [2.75, 3.05) is 37.7 Å². The Morgan fingerprint density at radius 2 is 1.82 bits per heavy atom. The lowest BCUT2D eigenvalue weighted by Crippen LogP contribution is -2.27. The van der Waals surface area contributed by atoms with Crippen LogP contribution in [-0.2, 0) is 0 Å². The van der Waals surface area contributed by atoms with E-state index < -0.39 is 0 Å². The first-order valence-corrected chi connectivity index (χ1v) is 8.82. The molecule has 0 saturated carbocycles. The van der Waals surface area contributed by atoms with Crippen LogP contribution in [0.25, 0.3) is 0 Å². The lowest BCUT2D eigenvalue weighted by molar-refractivity contribution is 0.340. The van der Waals surface area contributed by atoms with Crippen molar-refractivity contribution in [3.05, 3.63) is 24.3 Å².